The molecule has 0 aliphatic rings. The van der Waals surface area contributed by atoms with E-state index in [2.05, 4.69) is 25.5 Å². The Morgan fingerprint density at radius 1 is 1.09 bits per heavy atom. The summed E-state index contributed by atoms with van der Waals surface area (Å²) in [4.78, 5) is 4.56. The van der Waals surface area contributed by atoms with E-state index in [1.54, 1.807) is 6.20 Å². The molecule has 3 rings (SSSR count). The second-order valence-corrected chi connectivity index (χ2v) is 6.62. The van der Waals surface area contributed by atoms with Crippen molar-refractivity contribution in [2.45, 2.75) is 33.2 Å². The van der Waals surface area contributed by atoms with Gasteiger partial charge in [-0.2, -0.15) is 13.9 Å². The Kier molecular flexibility index (Phi) is 10.3. The number of nitrogens with one attached hydrogen (secondary N) is 2. The quantitative estimate of drug-likeness (QED) is 0.230. The number of alkyl halides is 2. The summed E-state index contributed by atoms with van der Waals surface area (Å²) in [5, 5.41) is 10.3. The van der Waals surface area contributed by atoms with E-state index in [1.165, 1.54) is 18.2 Å². The first kappa shape index (κ1) is 25.5. The van der Waals surface area contributed by atoms with Gasteiger partial charge in [0.2, 0.25) is 0 Å². The highest BCUT2D eigenvalue weighted by Crippen LogP contribution is 2.23. The van der Waals surface area contributed by atoms with E-state index in [0.29, 0.717) is 25.6 Å². The number of hydrogen-bond acceptors (Lipinski definition) is 3. The van der Waals surface area contributed by atoms with Crippen LogP contribution >= 0.6 is 24.0 Å². The van der Waals surface area contributed by atoms with Gasteiger partial charge >= 0.3 is 6.61 Å². The van der Waals surface area contributed by atoms with Gasteiger partial charge in [0.25, 0.3) is 0 Å². The van der Waals surface area contributed by atoms with Crippen LogP contribution in [0, 0.1) is 5.82 Å². The smallest absolute Gasteiger partial charge is 0.387 e. The molecular weight excluding hydrogens is 534 g/mol. The van der Waals surface area contributed by atoms with Crippen LogP contribution in [-0.2, 0) is 19.6 Å². The van der Waals surface area contributed by atoms with Gasteiger partial charge in [0.15, 0.2) is 5.96 Å². The van der Waals surface area contributed by atoms with Crippen molar-refractivity contribution in [1.82, 2.24) is 20.4 Å². The monoisotopic (exact) mass is 559 g/mol. The Morgan fingerprint density at radius 2 is 1.88 bits per heavy atom. The number of halogens is 4. The van der Waals surface area contributed by atoms with Crippen LogP contribution in [0.2, 0.25) is 0 Å². The van der Waals surface area contributed by atoms with Crippen molar-refractivity contribution in [3.05, 3.63) is 83.4 Å². The number of benzene rings is 2. The molecule has 1 heterocycles. The number of guanidine groups is 1. The summed E-state index contributed by atoms with van der Waals surface area (Å²) >= 11 is 0. The molecular formula is C22H25F3IN5O. The van der Waals surface area contributed by atoms with Crippen molar-refractivity contribution in [3.63, 3.8) is 0 Å². The molecule has 6 nitrogen and oxygen atoms in total. The third-order valence-corrected chi connectivity index (χ3v) is 4.49. The zero-order valence-electron chi connectivity index (χ0n) is 17.5. The lowest BCUT2D eigenvalue weighted by molar-refractivity contribution is -0.0506. The predicted molar refractivity (Wildman–Crippen MR) is 128 cm³/mol. The standard InChI is InChI=1S/C22H24F3N5O.HI/c1-2-26-22(28-14-18-19(23)9-5-10-20(18)31-21(24)25)27-13-16-7-3-4-8-17(16)15-30-12-6-11-29-30;/h3-12,21H,2,13-15H2,1H3,(H2,26,27,28);1H. The lowest BCUT2D eigenvalue weighted by atomic mass is 10.1. The highest BCUT2D eigenvalue weighted by molar-refractivity contribution is 14.0. The van der Waals surface area contributed by atoms with Crippen LogP contribution in [0.15, 0.2) is 65.9 Å². The van der Waals surface area contributed by atoms with Gasteiger partial charge in [0.1, 0.15) is 11.6 Å². The number of aliphatic imine (C=N–C) groups is 1. The van der Waals surface area contributed by atoms with Crippen molar-refractivity contribution < 1.29 is 17.9 Å². The first-order chi connectivity index (χ1) is 15.1. The minimum atomic E-state index is -3.03. The van der Waals surface area contributed by atoms with Crippen molar-refractivity contribution in [3.8, 4) is 5.75 Å². The Labute approximate surface area is 201 Å². The fourth-order valence-electron chi connectivity index (χ4n) is 3.03. The van der Waals surface area contributed by atoms with Crippen molar-refractivity contribution >= 4 is 29.9 Å². The number of ether oxygens (including phenoxy) is 1. The molecule has 1 aromatic heterocycles. The number of nitrogens with zero attached hydrogens (tertiary/aromatic N) is 3. The molecule has 32 heavy (non-hydrogen) atoms. The first-order valence-corrected chi connectivity index (χ1v) is 9.85. The third-order valence-electron chi connectivity index (χ3n) is 4.49. The molecule has 3 aromatic rings. The molecule has 0 fully saturated rings. The Balaban J connectivity index is 0.00000363. The maximum atomic E-state index is 14.2. The fourth-order valence-corrected chi connectivity index (χ4v) is 3.03. The molecule has 0 radical (unpaired) electrons. The van der Waals surface area contributed by atoms with E-state index in [0.717, 1.165) is 11.1 Å². The summed E-state index contributed by atoms with van der Waals surface area (Å²) in [6.07, 6.45) is 3.61. The molecule has 2 N–H and O–H groups in total. The van der Waals surface area contributed by atoms with Crippen LogP contribution in [0.1, 0.15) is 23.6 Å². The molecule has 2 aromatic carbocycles. The molecule has 0 spiro atoms. The molecule has 0 aliphatic heterocycles. The topological polar surface area (TPSA) is 63.5 Å². The average molecular weight is 559 g/mol. The molecule has 0 bridgehead atoms. The normalized spacial score (nSPS) is 11.2. The molecule has 0 aliphatic carbocycles. The highest BCUT2D eigenvalue weighted by Gasteiger charge is 2.14. The zero-order valence-corrected chi connectivity index (χ0v) is 19.8. The zero-order chi connectivity index (χ0) is 22.1. The Bertz CT molecular complexity index is 999. The van der Waals surface area contributed by atoms with Gasteiger partial charge in [-0.15, -0.1) is 24.0 Å². The summed E-state index contributed by atoms with van der Waals surface area (Å²) in [5.41, 5.74) is 2.10. The summed E-state index contributed by atoms with van der Waals surface area (Å²) in [6, 6.07) is 13.6. The van der Waals surface area contributed by atoms with Crippen LogP contribution in [-0.4, -0.2) is 28.9 Å². The van der Waals surface area contributed by atoms with Crippen LogP contribution in [0.4, 0.5) is 13.2 Å². The number of rotatable bonds is 9. The Morgan fingerprint density at radius 3 is 2.56 bits per heavy atom. The van der Waals surface area contributed by atoms with E-state index in [4.69, 9.17) is 0 Å². The fraction of sp³-hybridized carbons (Fsp3) is 0.273. The summed E-state index contributed by atoms with van der Waals surface area (Å²) < 4.78 is 45.7. The van der Waals surface area contributed by atoms with E-state index in [1.807, 2.05) is 48.1 Å². The van der Waals surface area contributed by atoms with Crippen LogP contribution < -0.4 is 15.4 Å². The van der Waals surface area contributed by atoms with Gasteiger partial charge < -0.3 is 15.4 Å². The predicted octanol–water partition coefficient (Wildman–Crippen LogP) is 4.55. The SMILES string of the molecule is CCNC(=NCc1ccccc1Cn1cccn1)NCc1c(F)cccc1OC(F)F.I. The molecule has 0 saturated heterocycles. The summed E-state index contributed by atoms with van der Waals surface area (Å²) in [6.45, 7) is 0.385. The maximum absolute atomic E-state index is 14.2. The van der Waals surface area contributed by atoms with Crippen molar-refractivity contribution in [2.75, 3.05) is 6.54 Å². The highest BCUT2D eigenvalue weighted by atomic mass is 127. The third kappa shape index (κ3) is 7.43. The summed E-state index contributed by atoms with van der Waals surface area (Å²) in [7, 11) is 0. The largest absolute Gasteiger partial charge is 0.434 e. The van der Waals surface area contributed by atoms with Gasteiger partial charge in [0.05, 0.1) is 13.1 Å². The van der Waals surface area contributed by atoms with Crippen molar-refractivity contribution in [1.29, 1.82) is 0 Å². The number of aromatic nitrogens is 2. The average Bonchev–Trinajstić information content (AvgIpc) is 3.25. The van der Waals surface area contributed by atoms with Crippen LogP contribution in [0.25, 0.3) is 0 Å². The molecule has 0 saturated carbocycles. The lowest BCUT2D eigenvalue weighted by Crippen LogP contribution is -2.37. The van der Waals surface area contributed by atoms with Gasteiger partial charge in [-0.05, 0) is 36.2 Å². The van der Waals surface area contributed by atoms with Gasteiger partial charge in [-0.25, -0.2) is 9.38 Å². The van der Waals surface area contributed by atoms with E-state index in [9.17, 15) is 13.2 Å². The summed E-state index contributed by atoms with van der Waals surface area (Å²) in [5.74, 6) is -0.406. The van der Waals surface area contributed by atoms with Gasteiger partial charge in [-0.3, -0.25) is 4.68 Å². The van der Waals surface area contributed by atoms with Crippen LogP contribution in [0.3, 0.4) is 0 Å². The molecule has 0 amide bonds. The molecule has 0 atom stereocenters. The van der Waals surface area contributed by atoms with E-state index >= 15 is 0 Å². The van der Waals surface area contributed by atoms with Gasteiger partial charge in [-0.1, -0.05) is 30.3 Å². The molecule has 0 unspecified atom stereocenters. The first-order valence-electron chi connectivity index (χ1n) is 9.85. The number of hydrogen-bond donors (Lipinski definition) is 2. The lowest BCUT2D eigenvalue weighted by Gasteiger charge is -2.15. The second kappa shape index (κ2) is 12.9. The van der Waals surface area contributed by atoms with E-state index in [-0.39, 0.29) is 41.8 Å². The minimum Gasteiger partial charge on any atom is -0.434 e. The molecule has 10 heteroatoms. The van der Waals surface area contributed by atoms with Crippen molar-refractivity contribution in [2.24, 2.45) is 4.99 Å². The second-order valence-electron chi connectivity index (χ2n) is 6.62. The van der Waals surface area contributed by atoms with Crippen LogP contribution in [0.5, 0.6) is 5.75 Å². The van der Waals surface area contributed by atoms with E-state index < -0.39 is 12.4 Å². The molecule has 172 valence electrons. The maximum Gasteiger partial charge on any atom is 0.387 e. The Hall–Kier alpha value is -2.76. The minimum absolute atomic E-state index is 0. The van der Waals surface area contributed by atoms with Gasteiger partial charge in [0, 0.05) is 31.0 Å².